The minimum atomic E-state index is -4.12. The highest BCUT2D eigenvalue weighted by molar-refractivity contribution is 7.89. The summed E-state index contributed by atoms with van der Waals surface area (Å²) in [6.07, 6.45) is 0. The molecule has 2 aromatic carbocycles. The van der Waals surface area contributed by atoms with Gasteiger partial charge in [0.05, 0.1) is 12.8 Å². The summed E-state index contributed by atoms with van der Waals surface area (Å²) in [6.45, 7) is 0.958. The topological polar surface area (TPSA) is 75.6 Å². The maximum absolute atomic E-state index is 14.0. The first-order valence-electron chi connectivity index (χ1n) is 9.57. The number of ether oxygens (including phenoxy) is 1. The van der Waals surface area contributed by atoms with Crippen molar-refractivity contribution in [1.82, 2.24) is 14.5 Å². The molecular weight excluding hydrogens is 426 g/mol. The quantitative estimate of drug-likeness (QED) is 0.600. The average molecular weight is 446 g/mol. The van der Waals surface area contributed by atoms with E-state index in [-0.39, 0.29) is 13.1 Å². The van der Waals surface area contributed by atoms with Crippen molar-refractivity contribution in [3.63, 3.8) is 0 Å². The normalized spacial score (nSPS) is 15.1. The fourth-order valence-corrected chi connectivity index (χ4v) is 4.88. The number of aromatic nitrogens is 2. The van der Waals surface area contributed by atoms with Gasteiger partial charge in [-0.1, -0.05) is 0 Å². The molecular formula is C21H20F2N4O3S. The van der Waals surface area contributed by atoms with E-state index >= 15 is 0 Å². The summed E-state index contributed by atoms with van der Waals surface area (Å²) in [5.41, 5.74) is 1.60. The molecule has 0 saturated carbocycles. The van der Waals surface area contributed by atoms with Gasteiger partial charge in [0, 0.05) is 31.7 Å². The van der Waals surface area contributed by atoms with Crippen molar-refractivity contribution in [1.29, 1.82) is 0 Å². The Hall–Kier alpha value is -3.11. The summed E-state index contributed by atoms with van der Waals surface area (Å²) in [4.78, 5) is 1.25. The van der Waals surface area contributed by atoms with Crippen LogP contribution < -0.4 is 9.64 Å². The van der Waals surface area contributed by atoms with Crippen LogP contribution in [0.2, 0.25) is 0 Å². The lowest BCUT2D eigenvalue weighted by atomic mass is 10.1. The van der Waals surface area contributed by atoms with Gasteiger partial charge in [0.1, 0.15) is 22.3 Å². The molecule has 0 unspecified atom stereocenters. The van der Waals surface area contributed by atoms with E-state index in [1.54, 1.807) is 7.11 Å². The Morgan fingerprint density at radius 1 is 0.903 bits per heavy atom. The molecule has 31 heavy (non-hydrogen) atoms. The van der Waals surface area contributed by atoms with Crippen LogP contribution in [0.1, 0.15) is 0 Å². The van der Waals surface area contributed by atoms with Crippen molar-refractivity contribution in [3.8, 4) is 17.0 Å². The van der Waals surface area contributed by atoms with Gasteiger partial charge in [-0.25, -0.2) is 17.2 Å². The Morgan fingerprint density at radius 3 is 2.23 bits per heavy atom. The summed E-state index contributed by atoms with van der Waals surface area (Å²) in [5, 5.41) is 8.52. The van der Waals surface area contributed by atoms with Crippen LogP contribution in [-0.2, 0) is 10.0 Å². The second kappa shape index (κ2) is 8.56. The van der Waals surface area contributed by atoms with Crippen LogP contribution in [0.3, 0.4) is 0 Å². The molecule has 1 aromatic heterocycles. The number of hydrogen-bond donors (Lipinski definition) is 0. The van der Waals surface area contributed by atoms with Crippen LogP contribution in [0.5, 0.6) is 5.75 Å². The Bertz CT molecular complexity index is 1160. The van der Waals surface area contributed by atoms with Gasteiger partial charge >= 0.3 is 0 Å². The molecule has 0 amide bonds. The van der Waals surface area contributed by atoms with E-state index in [9.17, 15) is 17.2 Å². The zero-order valence-corrected chi connectivity index (χ0v) is 17.5. The first-order valence-corrected chi connectivity index (χ1v) is 11.0. The Balaban J connectivity index is 1.44. The van der Waals surface area contributed by atoms with Crippen molar-refractivity contribution in [2.45, 2.75) is 4.90 Å². The van der Waals surface area contributed by atoms with Crippen LogP contribution in [-0.4, -0.2) is 56.2 Å². The third kappa shape index (κ3) is 4.35. The van der Waals surface area contributed by atoms with Crippen LogP contribution in [0.15, 0.2) is 59.5 Å². The summed E-state index contributed by atoms with van der Waals surface area (Å²) >= 11 is 0. The van der Waals surface area contributed by atoms with Gasteiger partial charge in [-0.05, 0) is 54.6 Å². The molecule has 4 rings (SSSR count). The molecule has 10 heteroatoms. The fraction of sp³-hybridized carbons (Fsp3) is 0.238. The molecule has 2 heterocycles. The molecule has 7 nitrogen and oxygen atoms in total. The van der Waals surface area contributed by atoms with Crippen LogP contribution >= 0.6 is 0 Å². The number of anilines is 1. The zero-order chi connectivity index (χ0) is 22.0. The van der Waals surface area contributed by atoms with Gasteiger partial charge in [0.2, 0.25) is 10.0 Å². The molecule has 0 spiro atoms. The molecule has 1 aliphatic rings. The van der Waals surface area contributed by atoms with Crippen molar-refractivity contribution >= 4 is 15.8 Å². The number of methoxy groups -OCH3 is 1. The van der Waals surface area contributed by atoms with Gasteiger partial charge in [0.15, 0.2) is 5.82 Å². The standard InChI is InChI=1S/C21H20F2N4O3S/c1-30-17-5-2-15(3-6-17)19-8-9-21(25-24-19)26-10-12-27(13-11-26)31(28,29)20-14-16(22)4-7-18(20)23/h2-9,14H,10-13H2,1H3. The third-order valence-electron chi connectivity index (χ3n) is 5.11. The highest BCUT2D eigenvalue weighted by Gasteiger charge is 2.31. The smallest absolute Gasteiger partial charge is 0.246 e. The highest BCUT2D eigenvalue weighted by atomic mass is 32.2. The largest absolute Gasteiger partial charge is 0.497 e. The molecule has 0 aliphatic carbocycles. The molecule has 0 atom stereocenters. The number of rotatable bonds is 5. The number of benzene rings is 2. The van der Waals surface area contributed by atoms with Gasteiger partial charge in [-0.2, -0.15) is 4.31 Å². The van der Waals surface area contributed by atoms with Gasteiger partial charge in [0.25, 0.3) is 0 Å². The maximum atomic E-state index is 14.0. The number of nitrogens with zero attached hydrogens (tertiary/aromatic N) is 4. The Morgan fingerprint density at radius 2 is 1.61 bits per heavy atom. The highest BCUT2D eigenvalue weighted by Crippen LogP contribution is 2.24. The lowest BCUT2D eigenvalue weighted by Crippen LogP contribution is -2.49. The van der Waals surface area contributed by atoms with Crippen LogP contribution in [0, 0.1) is 11.6 Å². The first kappa shape index (κ1) is 21.1. The van der Waals surface area contributed by atoms with E-state index in [1.165, 1.54) is 0 Å². The average Bonchev–Trinajstić information content (AvgIpc) is 2.81. The molecule has 162 valence electrons. The predicted molar refractivity (Wildman–Crippen MR) is 111 cm³/mol. The van der Waals surface area contributed by atoms with Crippen molar-refractivity contribution in [2.75, 3.05) is 38.2 Å². The van der Waals surface area contributed by atoms with E-state index in [0.29, 0.717) is 30.7 Å². The van der Waals surface area contributed by atoms with E-state index in [1.807, 2.05) is 41.3 Å². The van der Waals surface area contributed by atoms with Gasteiger partial charge in [-0.3, -0.25) is 0 Å². The van der Waals surface area contributed by atoms with Gasteiger partial charge < -0.3 is 9.64 Å². The van der Waals surface area contributed by atoms with E-state index in [4.69, 9.17) is 4.74 Å². The molecule has 1 saturated heterocycles. The van der Waals surface area contributed by atoms with Crippen LogP contribution in [0.4, 0.5) is 14.6 Å². The van der Waals surface area contributed by atoms with E-state index in [0.717, 1.165) is 27.8 Å². The lowest BCUT2D eigenvalue weighted by molar-refractivity contribution is 0.380. The summed E-state index contributed by atoms with van der Waals surface area (Å²) in [6, 6.07) is 13.5. The Kier molecular flexibility index (Phi) is 5.84. The molecule has 0 bridgehead atoms. The maximum Gasteiger partial charge on any atom is 0.246 e. The number of hydrogen-bond acceptors (Lipinski definition) is 6. The summed E-state index contributed by atoms with van der Waals surface area (Å²) in [5.74, 6) is -0.403. The SMILES string of the molecule is COc1ccc(-c2ccc(N3CCN(S(=O)(=O)c4cc(F)ccc4F)CC3)nn2)cc1. The number of halogens is 2. The van der Waals surface area contributed by atoms with Crippen molar-refractivity contribution < 1.29 is 21.9 Å². The number of sulfonamides is 1. The van der Waals surface area contributed by atoms with E-state index in [2.05, 4.69) is 10.2 Å². The molecule has 3 aromatic rings. The van der Waals surface area contributed by atoms with Crippen molar-refractivity contribution in [3.05, 3.63) is 66.2 Å². The minimum Gasteiger partial charge on any atom is -0.497 e. The molecule has 0 radical (unpaired) electrons. The number of piperazine rings is 1. The van der Waals surface area contributed by atoms with Crippen LogP contribution in [0.25, 0.3) is 11.3 Å². The second-order valence-corrected chi connectivity index (χ2v) is 8.88. The predicted octanol–water partition coefficient (Wildman–Crippen LogP) is 2.94. The minimum absolute atomic E-state index is 0.125. The van der Waals surface area contributed by atoms with Crippen molar-refractivity contribution in [2.24, 2.45) is 0 Å². The Labute approximate surface area is 178 Å². The summed E-state index contributed by atoms with van der Waals surface area (Å²) in [7, 11) is -2.52. The van der Waals surface area contributed by atoms with Gasteiger partial charge in [-0.15, -0.1) is 10.2 Å². The second-order valence-electron chi connectivity index (χ2n) is 6.97. The molecule has 0 N–H and O–H groups in total. The first-order chi connectivity index (χ1) is 14.9. The molecule has 1 fully saturated rings. The molecule has 1 aliphatic heterocycles. The van der Waals surface area contributed by atoms with E-state index < -0.39 is 26.6 Å². The lowest BCUT2D eigenvalue weighted by Gasteiger charge is -2.34. The zero-order valence-electron chi connectivity index (χ0n) is 16.7. The fourth-order valence-electron chi connectivity index (χ4n) is 3.38. The monoisotopic (exact) mass is 446 g/mol. The summed E-state index contributed by atoms with van der Waals surface area (Å²) < 4.78 is 59.1. The third-order valence-corrected chi connectivity index (χ3v) is 7.02.